The smallest absolute Gasteiger partial charge is 0.291 e. The maximum absolute atomic E-state index is 12.6. The molecule has 2 aliphatic rings. The number of carbonyl (C=O) groups is 2. The van der Waals surface area contributed by atoms with Crippen LogP contribution in [0.25, 0.3) is 6.08 Å². The van der Waals surface area contributed by atoms with Gasteiger partial charge in [0, 0.05) is 17.7 Å². The van der Waals surface area contributed by atoms with E-state index < -0.39 is 0 Å². The summed E-state index contributed by atoms with van der Waals surface area (Å²) in [5.74, 6) is 0.775. The number of nitrogens with one attached hydrogen (secondary N) is 2. The summed E-state index contributed by atoms with van der Waals surface area (Å²) in [6, 6.07) is 12.4. The molecule has 4 rings (SSSR count). The molecule has 32 heavy (non-hydrogen) atoms. The van der Waals surface area contributed by atoms with Gasteiger partial charge in [0.05, 0.1) is 12.8 Å². The van der Waals surface area contributed by atoms with Crippen LogP contribution >= 0.6 is 0 Å². The molecule has 168 valence electrons. The van der Waals surface area contributed by atoms with E-state index in [9.17, 15) is 9.59 Å². The third kappa shape index (κ3) is 5.29. The number of ether oxygens (including phenoxy) is 2. The maximum Gasteiger partial charge on any atom is 0.291 e. The molecule has 0 atom stereocenters. The molecule has 2 aliphatic heterocycles. The Bertz CT molecular complexity index is 1010. The number of nitrogens with zero attached hydrogens (tertiary/aromatic N) is 1. The summed E-state index contributed by atoms with van der Waals surface area (Å²) in [7, 11) is 1.58. The number of fused-ring (bicyclic) bond motifs is 1. The van der Waals surface area contributed by atoms with Crippen molar-refractivity contribution >= 4 is 23.6 Å². The molecule has 2 amide bonds. The van der Waals surface area contributed by atoms with Crippen LogP contribution in [0.15, 0.2) is 48.2 Å². The van der Waals surface area contributed by atoms with Gasteiger partial charge < -0.3 is 25.0 Å². The Hall–Kier alpha value is -3.32. The van der Waals surface area contributed by atoms with Crippen molar-refractivity contribution in [2.75, 3.05) is 38.6 Å². The van der Waals surface area contributed by atoms with Crippen LogP contribution in [0.1, 0.15) is 41.6 Å². The molecule has 1 fully saturated rings. The lowest BCUT2D eigenvalue weighted by molar-refractivity contribution is -0.115. The van der Waals surface area contributed by atoms with Crippen LogP contribution in [0.2, 0.25) is 0 Å². The second-order valence-electron chi connectivity index (χ2n) is 8.03. The number of anilines is 1. The molecule has 7 heteroatoms. The van der Waals surface area contributed by atoms with Crippen molar-refractivity contribution in [2.24, 2.45) is 0 Å². The fraction of sp³-hybridized carbons (Fsp3) is 0.360. The minimum Gasteiger partial charge on any atom is -0.496 e. The van der Waals surface area contributed by atoms with Crippen molar-refractivity contribution < 1.29 is 19.1 Å². The largest absolute Gasteiger partial charge is 0.496 e. The molecule has 0 spiro atoms. The van der Waals surface area contributed by atoms with E-state index in [0.29, 0.717) is 29.3 Å². The molecule has 0 saturated carbocycles. The summed E-state index contributed by atoms with van der Waals surface area (Å²) < 4.78 is 11.1. The first kappa shape index (κ1) is 21.9. The van der Waals surface area contributed by atoms with Gasteiger partial charge in [-0.05, 0) is 69.2 Å². The molecule has 2 aromatic rings. The Kier molecular flexibility index (Phi) is 7.07. The molecule has 0 bridgehead atoms. The Morgan fingerprint density at radius 2 is 2.00 bits per heavy atom. The molecular weight excluding hydrogens is 406 g/mol. The predicted molar refractivity (Wildman–Crippen MR) is 124 cm³/mol. The second-order valence-corrected chi connectivity index (χ2v) is 8.03. The predicted octanol–water partition coefficient (Wildman–Crippen LogP) is 3.67. The Morgan fingerprint density at radius 3 is 2.81 bits per heavy atom. The van der Waals surface area contributed by atoms with Crippen molar-refractivity contribution in [3.63, 3.8) is 0 Å². The minimum absolute atomic E-state index is 0.156. The average molecular weight is 436 g/mol. The first-order valence-corrected chi connectivity index (χ1v) is 11.1. The van der Waals surface area contributed by atoms with E-state index in [-0.39, 0.29) is 17.6 Å². The van der Waals surface area contributed by atoms with E-state index in [1.807, 2.05) is 24.3 Å². The van der Waals surface area contributed by atoms with E-state index in [1.165, 1.54) is 19.3 Å². The van der Waals surface area contributed by atoms with E-state index in [0.717, 1.165) is 31.6 Å². The fourth-order valence-corrected chi connectivity index (χ4v) is 4.02. The third-order valence-electron chi connectivity index (χ3n) is 5.74. The quantitative estimate of drug-likeness (QED) is 0.512. The highest BCUT2D eigenvalue weighted by molar-refractivity contribution is 6.09. The van der Waals surface area contributed by atoms with Gasteiger partial charge in [0.2, 0.25) is 0 Å². The zero-order chi connectivity index (χ0) is 22.3. The molecule has 2 N–H and O–H groups in total. The molecule has 0 aromatic heterocycles. The maximum atomic E-state index is 12.6. The van der Waals surface area contributed by atoms with Gasteiger partial charge in [0.15, 0.2) is 11.5 Å². The van der Waals surface area contributed by atoms with Crippen LogP contribution in [0.4, 0.5) is 5.69 Å². The number of carbonyl (C=O) groups excluding carboxylic acids is 2. The Labute approximate surface area is 188 Å². The number of hydrogen-bond acceptors (Lipinski definition) is 5. The Balaban J connectivity index is 1.36. The van der Waals surface area contributed by atoms with Crippen molar-refractivity contribution in [3.8, 4) is 11.5 Å². The van der Waals surface area contributed by atoms with E-state index >= 15 is 0 Å². The van der Waals surface area contributed by atoms with Gasteiger partial charge in [-0.25, -0.2) is 0 Å². The first-order valence-electron chi connectivity index (χ1n) is 11.1. The zero-order valence-electron chi connectivity index (χ0n) is 18.4. The summed E-state index contributed by atoms with van der Waals surface area (Å²) in [6.45, 7) is 3.95. The number of benzene rings is 2. The monoisotopic (exact) mass is 435 g/mol. The SMILES string of the molecule is COc1ccccc1C=C1Oc2ccc(C(=O)NCCCN3CCCCC3)cc2NC1=O. The summed E-state index contributed by atoms with van der Waals surface area (Å²) >= 11 is 0. The lowest BCUT2D eigenvalue weighted by Crippen LogP contribution is -2.33. The number of piperidine rings is 1. The number of hydrogen-bond donors (Lipinski definition) is 2. The van der Waals surface area contributed by atoms with Crippen LogP contribution in [0.5, 0.6) is 11.5 Å². The van der Waals surface area contributed by atoms with E-state index in [4.69, 9.17) is 9.47 Å². The molecule has 0 aliphatic carbocycles. The molecule has 0 unspecified atom stereocenters. The zero-order valence-corrected chi connectivity index (χ0v) is 18.4. The van der Waals surface area contributed by atoms with Gasteiger partial charge in [0.1, 0.15) is 5.75 Å². The molecule has 1 saturated heterocycles. The van der Waals surface area contributed by atoms with Crippen LogP contribution in [0, 0.1) is 0 Å². The van der Waals surface area contributed by atoms with Gasteiger partial charge in [-0.15, -0.1) is 0 Å². The van der Waals surface area contributed by atoms with Crippen molar-refractivity contribution in [1.82, 2.24) is 10.2 Å². The summed E-state index contributed by atoms with van der Waals surface area (Å²) in [5.41, 5.74) is 1.71. The van der Waals surface area contributed by atoms with Crippen molar-refractivity contribution in [2.45, 2.75) is 25.7 Å². The number of likely N-dealkylation sites (tertiary alicyclic amines) is 1. The normalized spacial score (nSPS) is 17.3. The van der Waals surface area contributed by atoms with Crippen LogP contribution in [-0.4, -0.2) is 50.0 Å². The lowest BCUT2D eigenvalue weighted by Gasteiger charge is -2.26. The van der Waals surface area contributed by atoms with E-state index in [2.05, 4.69) is 15.5 Å². The Morgan fingerprint density at radius 1 is 1.19 bits per heavy atom. The summed E-state index contributed by atoms with van der Waals surface area (Å²) in [5, 5.41) is 5.78. The van der Waals surface area contributed by atoms with Crippen LogP contribution in [-0.2, 0) is 4.79 Å². The summed E-state index contributed by atoms with van der Waals surface area (Å²) in [6.07, 6.45) is 6.42. The highest BCUT2D eigenvalue weighted by Gasteiger charge is 2.23. The molecule has 0 radical (unpaired) electrons. The van der Waals surface area contributed by atoms with Crippen LogP contribution in [0.3, 0.4) is 0 Å². The van der Waals surface area contributed by atoms with Gasteiger partial charge in [-0.2, -0.15) is 0 Å². The minimum atomic E-state index is -0.373. The lowest BCUT2D eigenvalue weighted by atomic mass is 10.1. The van der Waals surface area contributed by atoms with Gasteiger partial charge in [-0.3, -0.25) is 9.59 Å². The van der Waals surface area contributed by atoms with Crippen molar-refractivity contribution in [3.05, 3.63) is 59.4 Å². The van der Waals surface area contributed by atoms with E-state index in [1.54, 1.807) is 31.4 Å². The number of para-hydroxylation sites is 1. The van der Waals surface area contributed by atoms with Gasteiger partial charge >= 0.3 is 0 Å². The molecule has 2 aromatic carbocycles. The molecule has 2 heterocycles. The second kappa shape index (κ2) is 10.3. The number of amides is 2. The topological polar surface area (TPSA) is 79.9 Å². The molecule has 7 nitrogen and oxygen atoms in total. The van der Waals surface area contributed by atoms with Crippen LogP contribution < -0.4 is 20.1 Å². The highest BCUT2D eigenvalue weighted by Crippen LogP contribution is 2.33. The number of methoxy groups -OCH3 is 1. The fourth-order valence-electron chi connectivity index (χ4n) is 4.02. The third-order valence-corrected chi connectivity index (χ3v) is 5.74. The average Bonchev–Trinajstić information content (AvgIpc) is 2.83. The molecular formula is C25H29N3O4. The van der Waals surface area contributed by atoms with Crippen molar-refractivity contribution in [1.29, 1.82) is 0 Å². The standard InChI is InChI=1S/C25H29N3O4/c1-31-21-9-4-3-8-18(21)17-23-25(30)27-20-16-19(10-11-22(20)32-23)24(29)26-12-7-15-28-13-5-2-6-14-28/h3-4,8-11,16-17H,2,5-7,12-15H2,1H3,(H,26,29)(H,27,30). The van der Waals surface area contributed by atoms with Gasteiger partial charge in [0.25, 0.3) is 11.8 Å². The highest BCUT2D eigenvalue weighted by atomic mass is 16.5. The number of rotatable bonds is 7. The van der Waals surface area contributed by atoms with Gasteiger partial charge in [-0.1, -0.05) is 24.6 Å². The summed E-state index contributed by atoms with van der Waals surface area (Å²) in [4.78, 5) is 27.5. The first-order chi connectivity index (χ1) is 15.6.